The molecule has 2 aromatic heterocycles. The summed E-state index contributed by atoms with van der Waals surface area (Å²) < 4.78 is 2.13. The van der Waals surface area contributed by atoms with E-state index in [9.17, 15) is 0 Å². The molecule has 1 saturated carbocycles. The number of rotatable bonds is 6. The summed E-state index contributed by atoms with van der Waals surface area (Å²) in [7, 11) is 2.22. The van der Waals surface area contributed by atoms with Crippen molar-refractivity contribution < 1.29 is 0 Å². The molecule has 198 valence electrons. The van der Waals surface area contributed by atoms with Crippen LogP contribution in [0.4, 0.5) is 11.5 Å². The third-order valence-electron chi connectivity index (χ3n) is 8.49. The molecule has 1 aliphatic carbocycles. The van der Waals surface area contributed by atoms with Crippen LogP contribution in [0.3, 0.4) is 0 Å². The lowest BCUT2D eigenvalue weighted by atomic mass is 9.90. The lowest BCUT2D eigenvalue weighted by molar-refractivity contribution is 0.0815. The number of nitrogen functional groups attached to an aromatic ring is 1. The molecule has 2 aliphatic rings. The van der Waals surface area contributed by atoms with Crippen LogP contribution in [0, 0.1) is 6.92 Å². The molecule has 3 heterocycles. The number of hydrogen-bond acceptors (Lipinski definition) is 7. The molecule has 8 nitrogen and oxygen atoms in total. The molecule has 4 aromatic rings. The minimum Gasteiger partial charge on any atom is -0.383 e. The predicted molar refractivity (Wildman–Crippen MR) is 154 cm³/mol. The Kier molecular flexibility index (Phi) is 7.00. The zero-order valence-corrected chi connectivity index (χ0v) is 22.5. The van der Waals surface area contributed by atoms with E-state index in [0.717, 1.165) is 47.4 Å². The topological polar surface area (TPSA) is 88.1 Å². The van der Waals surface area contributed by atoms with Crippen LogP contribution >= 0.6 is 0 Å². The van der Waals surface area contributed by atoms with Gasteiger partial charge in [0.05, 0.1) is 11.4 Å². The fraction of sp³-hybridized carbons (Fsp3) is 0.433. The standard InChI is InChI=1S/C30H38N8/c1-21-5-3-4-6-23(21)19-32-24-9-7-22(8-10-24)28-27-29(31)33-20-34-30(27)38(35-28)26-13-11-25(12-14-26)37-17-15-36(2)16-18-37/h3-10,20,25-26,32H,11-19H2,1-2H3,(H2,31,33,34)/t25-,26-. The van der Waals surface area contributed by atoms with Gasteiger partial charge in [0.15, 0.2) is 5.65 Å². The summed E-state index contributed by atoms with van der Waals surface area (Å²) in [6, 6.07) is 17.9. The van der Waals surface area contributed by atoms with Crippen LogP contribution in [-0.2, 0) is 6.54 Å². The van der Waals surface area contributed by atoms with Gasteiger partial charge in [0, 0.05) is 50.0 Å². The fourth-order valence-electron chi connectivity index (χ4n) is 6.06. The van der Waals surface area contributed by atoms with E-state index < -0.39 is 0 Å². The van der Waals surface area contributed by atoms with Crippen LogP contribution in [-0.4, -0.2) is 68.8 Å². The second-order valence-corrected chi connectivity index (χ2v) is 10.9. The monoisotopic (exact) mass is 510 g/mol. The summed E-state index contributed by atoms with van der Waals surface area (Å²) in [5.74, 6) is 0.490. The summed E-state index contributed by atoms with van der Waals surface area (Å²) in [6.07, 6.45) is 6.19. The summed E-state index contributed by atoms with van der Waals surface area (Å²) in [5, 5.41) is 9.51. The average Bonchev–Trinajstić information content (AvgIpc) is 3.34. The number of nitrogens with zero attached hydrogens (tertiary/aromatic N) is 6. The molecule has 0 atom stereocenters. The molecule has 2 fully saturated rings. The van der Waals surface area contributed by atoms with E-state index in [0.29, 0.717) is 17.9 Å². The van der Waals surface area contributed by atoms with E-state index in [1.807, 2.05) is 0 Å². The van der Waals surface area contributed by atoms with Crippen molar-refractivity contribution in [3.63, 3.8) is 0 Å². The van der Waals surface area contributed by atoms with Crippen LogP contribution in [0.25, 0.3) is 22.3 Å². The Morgan fingerprint density at radius 2 is 1.61 bits per heavy atom. The Hall–Kier alpha value is -3.49. The molecule has 38 heavy (non-hydrogen) atoms. The average molecular weight is 511 g/mol. The van der Waals surface area contributed by atoms with Crippen molar-refractivity contribution in [2.75, 3.05) is 44.3 Å². The van der Waals surface area contributed by atoms with Gasteiger partial charge in [0.25, 0.3) is 0 Å². The first-order chi connectivity index (χ1) is 18.6. The Balaban J connectivity index is 1.20. The first-order valence-corrected chi connectivity index (χ1v) is 13.9. The first kappa shape index (κ1) is 24.8. The summed E-state index contributed by atoms with van der Waals surface area (Å²) in [6.45, 7) is 7.64. The van der Waals surface area contributed by atoms with Gasteiger partial charge in [0.2, 0.25) is 0 Å². The van der Waals surface area contributed by atoms with Crippen molar-refractivity contribution in [2.45, 2.75) is 51.2 Å². The van der Waals surface area contributed by atoms with E-state index in [1.165, 1.54) is 50.1 Å². The van der Waals surface area contributed by atoms with Gasteiger partial charge >= 0.3 is 0 Å². The minimum absolute atomic E-state index is 0.333. The van der Waals surface area contributed by atoms with Gasteiger partial charge in [-0.05, 0) is 62.9 Å². The van der Waals surface area contributed by atoms with E-state index in [-0.39, 0.29) is 0 Å². The van der Waals surface area contributed by atoms with Crippen molar-refractivity contribution in [2.24, 2.45) is 0 Å². The van der Waals surface area contributed by atoms with Crippen molar-refractivity contribution in [3.8, 4) is 11.3 Å². The first-order valence-electron chi connectivity index (χ1n) is 13.9. The normalized spacial score (nSPS) is 21.1. The smallest absolute Gasteiger partial charge is 0.164 e. The third kappa shape index (κ3) is 4.98. The predicted octanol–water partition coefficient (Wildman–Crippen LogP) is 4.73. The molecule has 6 rings (SSSR count). The van der Waals surface area contributed by atoms with Crippen LogP contribution in [0.1, 0.15) is 42.9 Å². The molecule has 0 bridgehead atoms. The fourth-order valence-corrected chi connectivity index (χ4v) is 6.06. The van der Waals surface area contributed by atoms with Crippen LogP contribution in [0.15, 0.2) is 54.9 Å². The van der Waals surface area contributed by atoms with E-state index >= 15 is 0 Å². The van der Waals surface area contributed by atoms with Gasteiger partial charge in [-0.1, -0.05) is 36.4 Å². The Bertz CT molecular complexity index is 1380. The van der Waals surface area contributed by atoms with Gasteiger partial charge in [0.1, 0.15) is 17.8 Å². The molecule has 3 N–H and O–H groups in total. The number of anilines is 2. The molecule has 0 radical (unpaired) electrons. The second kappa shape index (κ2) is 10.7. The Morgan fingerprint density at radius 1 is 0.895 bits per heavy atom. The molecule has 1 saturated heterocycles. The second-order valence-electron chi connectivity index (χ2n) is 10.9. The molecule has 8 heteroatoms. The van der Waals surface area contributed by atoms with Gasteiger partial charge < -0.3 is 16.0 Å². The zero-order chi connectivity index (χ0) is 26.1. The van der Waals surface area contributed by atoms with E-state index in [4.69, 9.17) is 10.8 Å². The molecule has 0 spiro atoms. The Morgan fingerprint density at radius 3 is 2.34 bits per heavy atom. The minimum atomic E-state index is 0.333. The third-order valence-corrected chi connectivity index (χ3v) is 8.49. The SMILES string of the molecule is Cc1ccccc1CNc1ccc(-c2nn([C@H]3CC[C@H](N4CCN(C)CC4)CC3)c3ncnc(N)c23)cc1. The largest absolute Gasteiger partial charge is 0.383 e. The van der Waals surface area contributed by atoms with Crippen molar-refractivity contribution in [1.29, 1.82) is 0 Å². The molecule has 2 aromatic carbocycles. The lowest BCUT2D eigenvalue weighted by Gasteiger charge is -2.41. The lowest BCUT2D eigenvalue weighted by Crippen LogP contribution is -2.49. The van der Waals surface area contributed by atoms with Gasteiger partial charge in [-0.3, -0.25) is 4.90 Å². The van der Waals surface area contributed by atoms with E-state index in [2.05, 4.69) is 92.3 Å². The van der Waals surface area contributed by atoms with Gasteiger partial charge in [-0.25, -0.2) is 14.6 Å². The van der Waals surface area contributed by atoms with Gasteiger partial charge in [-0.15, -0.1) is 0 Å². The van der Waals surface area contributed by atoms with Crippen molar-refractivity contribution >= 4 is 22.5 Å². The number of nitrogens with one attached hydrogen (secondary N) is 1. The molecule has 0 unspecified atom stereocenters. The van der Waals surface area contributed by atoms with E-state index in [1.54, 1.807) is 6.33 Å². The van der Waals surface area contributed by atoms with Crippen LogP contribution < -0.4 is 11.1 Å². The summed E-state index contributed by atoms with van der Waals surface area (Å²) in [5.41, 5.74) is 12.8. The number of aromatic nitrogens is 4. The number of aryl methyl sites for hydroxylation is 1. The molecular weight excluding hydrogens is 472 g/mol. The zero-order valence-electron chi connectivity index (χ0n) is 22.5. The molecular formula is C30H38N8. The maximum absolute atomic E-state index is 6.40. The van der Waals surface area contributed by atoms with Crippen molar-refractivity contribution in [1.82, 2.24) is 29.5 Å². The summed E-state index contributed by atoms with van der Waals surface area (Å²) >= 11 is 0. The van der Waals surface area contributed by atoms with Gasteiger partial charge in [-0.2, -0.15) is 5.10 Å². The highest BCUT2D eigenvalue weighted by Gasteiger charge is 2.30. The number of benzene rings is 2. The number of likely N-dealkylation sites (N-methyl/N-ethyl adjacent to an activating group) is 1. The van der Waals surface area contributed by atoms with Crippen molar-refractivity contribution in [3.05, 3.63) is 66.0 Å². The summed E-state index contributed by atoms with van der Waals surface area (Å²) in [4.78, 5) is 14.1. The maximum Gasteiger partial charge on any atom is 0.164 e. The highest BCUT2D eigenvalue weighted by molar-refractivity contribution is 5.98. The number of fused-ring (bicyclic) bond motifs is 1. The molecule has 0 amide bonds. The quantitative estimate of drug-likeness (QED) is 0.388. The Labute approximate surface area is 224 Å². The van der Waals surface area contributed by atoms with Crippen LogP contribution in [0.2, 0.25) is 0 Å². The number of piperazine rings is 1. The van der Waals surface area contributed by atoms with Crippen LogP contribution in [0.5, 0.6) is 0 Å². The number of hydrogen-bond donors (Lipinski definition) is 2. The highest BCUT2D eigenvalue weighted by Crippen LogP contribution is 2.37. The molecule has 1 aliphatic heterocycles. The number of nitrogens with two attached hydrogens (primary N) is 1. The highest BCUT2D eigenvalue weighted by atomic mass is 15.3. The maximum atomic E-state index is 6.40.